The van der Waals surface area contributed by atoms with E-state index in [1.165, 1.54) is 42.6 Å². The third-order valence-electron chi connectivity index (χ3n) is 6.08. The van der Waals surface area contributed by atoms with E-state index in [1.54, 1.807) is 0 Å². The molecule has 1 saturated carbocycles. The summed E-state index contributed by atoms with van der Waals surface area (Å²) >= 11 is 0. The van der Waals surface area contributed by atoms with Crippen LogP contribution in [0.3, 0.4) is 0 Å². The fourth-order valence-corrected chi connectivity index (χ4v) is 4.69. The Morgan fingerprint density at radius 1 is 1.17 bits per heavy atom. The molecule has 24 heavy (non-hydrogen) atoms. The maximum absolute atomic E-state index is 9.52. The summed E-state index contributed by atoms with van der Waals surface area (Å²) in [5, 5.41) is 14.2. The van der Waals surface area contributed by atoms with Crippen LogP contribution in [0.1, 0.15) is 56.0 Å². The molecule has 1 aliphatic heterocycles. The van der Waals surface area contributed by atoms with Gasteiger partial charge in [-0.15, -0.1) is 0 Å². The van der Waals surface area contributed by atoms with Gasteiger partial charge in [-0.3, -0.25) is 14.5 Å². The molecule has 2 aliphatic rings. The van der Waals surface area contributed by atoms with E-state index in [4.69, 9.17) is 0 Å². The summed E-state index contributed by atoms with van der Waals surface area (Å²) in [6, 6.07) is 1.27. The second kappa shape index (κ2) is 7.98. The molecule has 1 saturated heterocycles. The standard InChI is InChI=1S/C19H34N4O/c1-4-23-16(3)19(15(2)20-23)14-21-10-11-22(17-7-5-6-8-17)18(13-21)9-12-24/h17-18,24H,4-14H2,1-3H3/t18-/m0/s1. The van der Waals surface area contributed by atoms with Crippen molar-refractivity contribution in [2.24, 2.45) is 0 Å². The minimum absolute atomic E-state index is 0.299. The Morgan fingerprint density at radius 3 is 2.54 bits per heavy atom. The van der Waals surface area contributed by atoms with Gasteiger partial charge in [0.25, 0.3) is 0 Å². The number of hydrogen-bond donors (Lipinski definition) is 1. The molecule has 1 aliphatic carbocycles. The number of hydrogen-bond acceptors (Lipinski definition) is 4. The monoisotopic (exact) mass is 334 g/mol. The lowest BCUT2D eigenvalue weighted by Gasteiger charge is -2.44. The van der Waals surface area contributed by atoms with Crippen LogP contribution in [-0.2, 0) is 13.1 Å². The lowest BCUT2D eigenvalue weighted by atomic mass is 10.0. The van der Waals surface area contributed by atoms with Crippen LogP contribution in [0.5, 0.6) is 0 Å². The number of aliphatic hydroxyl groups is 1. The summed E-state index contributed by atoms with van der Waals surface area (Å²) in [5.74, 6) is 0. The van der Waals surface area contributed by atoms with Crippen molar-refractivity contribution in [3.05, 3.63) is 17.0 Å². The van der Waals surface area contributed by atoms with E-state index in [0.717, 1.165) is 45.2 Å². The zero-order valence-corrected chi connectivity index (χ0v) is 15.7. The molecule has 0 bridgehead atoms. The summed E-state index contributed by atoms with van der Waals surface area (Å²) in [4.78, 5) is 5.28. The highest BCUT2D eigenvalue weighted by Crippen LogP contribution is 2.28. The predicted octanol–water partition coefficient (Wildman–Crippen LogP) is 2.33. The molecule has 1 aromatic rings. The van der Waals surface area contributed by atoms with Gasteiger partial charge in [-0.2, -0.15) is 5.10 Å². The summed E-state index contributed by atoms with van der Waals surface area (Å²) in [7, 11) is 0. The zero-order valence-electron chi connectivity index (χ0n) is 15.7. The summed E-state index contributed by atoms with van der Waals surface area (Å²) < 4.78 is 2.12. The molecule has 3 rings (SSSR count). The minimum Gasteiger partial charge on any atom is -0.396 e. The van der Waals surface area contributed by atoms with E-state index in [-0.39, 0.29) is 0 Å². The van der Waals surface area contributed by atoms with Crippen molar-refractivity contribution in [3.8, 4) is 0 Å². The van der Waals surface area contributed by atoms with Crippen LogP contribution < -0.4 is 0 Å². The highest BCUT2D eigenvalue weighted by Gasteiger charge is 2.33. The van der Waals surface area contributed by atoms with Crippen molar-refractivity contribution in [1.29, 1.82) is 0 Å². The molecule has 136 valence electrons. The van der Waals surface area contributed by atoms with Crippen molar-refractivity contribution in [2.75, 3.05) is 26.2 Å². The zero-order chi connectivity index (χ0) is 17.1. The second-order valence-corrected chi connectivity index (χ2v) is 7.54. The lowest BCUT2D eigenvalue weighted by Crippen LogP contribution is -2.56. The summed E-state index contributed by atoms with van der Waals surface area (Å²) in [6.45, 7) is 12.1. The smallest absolute Gasteiger partial charge is 0.0641 e. The molecule has 0 spiro atoms. The largest absolute Gasteiger partial charge is 0.396 e. The van der Waals surface area contributed by atoms with Gasteiger partial charge in [0, 0.05) is 62.7 Å². The van der Waals surface area contributed by atoms with E-state index in [1.807, 2.05) is 0 Å². The first-order valence-electron chi connectivity index (χ1n) is 9.75. The Labute approximate surface area is 146 Å². The highest BCUT2D eigenvalue weighted by molar-refractivity contribution is 5.24. The SMILES string of the molecule is CCn1nc(C)c(CN2CCN(C3CCCC3)[C@@H](CCO)C2)c1C. The van der Waals surface area contributed by atoms with E-state index in [0.29, 0.717) is 12.6 Å². The number of rotatable bonds is 6. The summed E-state index contributed by atoms with van der Waals surface area (Å²) in [6.07, 6.45) is 6.36. The van der Waals surface area contributed by atoms with Crippen LogP contribution in [-0.4, -0.2) is 63.0 Å². The lowest BCUT2D eigenvalue weighted by molar-refractivity contribution is 0.0266. The number of aryl methyl sites for hydroxylation is 2. The Bertz CT molecular complexity index is 536. The summed E-state index contributed by atoms with van der Waals surface area (Å²) in [5.41, 5.74) is 3.88. The maximum Gasteiger partial charge on any atom is 0.0641 e. The first-order chi connectivity index (χ1) is 11.6. The molecule has 1 atom stereocenters. The van der Waals surface area contributed by atoms with Crippen molar-refractivity contribution in [2.45, 2.75) is 78.0 Å². The van der Waals surface area contributed by atoms with Crippen LogP contribution in [0.25, 0.3) is 0 Å². The third-order valence-corrected chi connectivity index (χ3v) is 6.08. The van der Waals surface area contributed by atoms with Gasteiger partial charge in [0.05, 0.1) is 5.69 Å². The van der Waals surface area contributed by atoms with Crippen molar-refractivity contribution >= 4 is 0 Å². The van der Waals surface area contributed by atoms with Gasteiger partial charge in [0.1, 0.15) is 0 Å². The van der Waals surface area contributed by atoms with Crippen molar-refractivity contribution < 1.29 is 5.11 Å². The number of aromatic nitrogens is 2. The number of nitrogens with zero attached hydrogens (tertiary/aromatic N) is 4. The maximum atomic E-state index is 9.52. The molecule has 2 heterocycles. The van der Waals surface area contributed by atoms with Crippen LogP contribution >= 0.6 is 0 Å². The van der Waals surface area contributed by atoms with Crippen LogP contribution in [0.4, 0.5) is 0 Å². The molecule has 5 heteroatoms. The van der Waals surface area contributed by atoms with Gasteiger partial charge in [0.15, 0.2) is 0 Å². The van der Waals surface area contributed by atoms with E-state index in [2.05, 4.69) is 40.4 Å². The normalized spacial score (nSPS) is 24.1. The molecule has 0 unspecified atom stereocenters. The quantitative estimate of drug-likeness (QED) is 0.867. The number of aliphatic hydroxyl groups excluding tert-OH is 1. The first-order valence-corrected chi connectivity index (χ1v) is 9.75. The van der Waals surface area contributed by atoms with Gasteiger partial charge in [0.2, 0.25) is 0 Å². The fraction of sp³-hybridized carbons (Fsp3) is 0.842. The molecule has 2 fully saturated rings. The van der Waals surface area contributed by atoms with Crippen LogP contribution in [0.15, 0.2) is 0 Å². The topological polar surface area (TPSA) is 44.5 Å². The minimum atomic E-state index is 0.299. The average Bonchev–Trinajstić information content (AvgIpc) is 3.19. The van der Waals surface area contributed by atoms with Crippen molar-refractivity contribution in [1.82, 2.24) is 19.6 Å². The molecule has 5 nitrogen and oxygen atoms in total. The predicted molar refractivity (Wildman–Crippen MR) is 97.1 cm³/mol. The van der Waals surface area contributed by atoms with E-state index < -0.39 is 0 Å². The first kappa shape index (κ1) is 17.9. The van der Waals surface area contributed by atoms with Gasteiger partial charge >= 0.3 is 0 Å². The second-order valence-electron chi connectivity index (χ2n) is 7.54. The van der Waals surface area contributed by atoms with Crippen LogP contribution in [0.2, 0.25) is 0 Å². The third kappa shape index (κ3) is 3.68. The van der Waals surface area contributed by atoms with E-state index >= 15 is 0 Å². The molecule has 1 aromatic heterocycles. The highest BCUT2D eigenvalue weighted by atomic mass is 16.3. The molecular weight excluding hydrogens is 300 g/mol. The van der Waals surface area contributed by atoms with E-state index in [9.17, 15) is 5.11 Å². The molecule has 0 amide bonds. The average molecular weight is 335 g/mol. The Kier molecular flexibility index (Phi) is 5.95. The van der Waals surface area contributed by atoms with Gasteiger partial charge < -0.3 is 5.11 Å². The van der Waals surface area contributed by atoms with Gasteiger partial charge in [-0.25, -0.2) is 0 Å². The van der Waals surface area contributed by atoms with Crippen LogP contribution in [0, 0.1) is 13.8 Å². The van der Waals surface area contributed by atoms with Gasteiger partial charge in [-0.05, 0) is 40.0 Å². The molecule has 1 N–H and O–H groups in total. The Hall–Kier alpha value is -0.910. The Balaban J connectivity index is 1.67. The fourth-order valence-electron chi connectivity index (χ4n) is 4.69. The molecule has 0 aromatic carbocycles. The molecule has 0 radical (unpaired) electrons. The number of piperazine rings is 1. The molecular formula is C19H34N4O. The van der Waals surface area contributed by atoms with Gasteiger partial charge in [-0.1, -0.05) is 12.8 Å². The Morgan fingerprint density at radius 2 is 1.92 bits per heavy atom. The van der Waals surface area contributed by atoms with Crippen molar-refractivity contribution in [3.63, 3.8) is 0 Å².